The Hall–Kier alpha value is -7.80. The topological polar surface area (TPSA) is 0 Å². The monoisotopic (exact) mass is 1280 g/mol. The second-order valence-corrected chi connectivity index (χ2v) is 28.5. The smallest absolute Gasteiger partial charge is 0.0132 e. The van der Waals surface area contributed by atoms with Gasteiger partial charge in [-0.1, -0.05) is 399 Å². The van der Waals surface area contributed by atoms with Crippen LogP contribution < -0.4 is 0 Å². The standard InChI is InChI=1S/C15H16.4C11H16.2C10H14.C9H12.C8H10/c1-11-4-6-14(7-5-11)15-9-12(2)8-13(3)10-15;1-9-5-7-10(8-6-9)11(2,3)4;1-9(2)8-11-6-4-10(3)5-7-11;1-4-10(3)11-7-5-9(2)6-8-11;1-3-4-5-11-8-6-10(2)7-9-11;1-8(2)10-6-4-9(3)5-7-10;1-3-4-10-7-5-9(2)6-8-10;1-3-9-6-4-8(2)5-7-9;1-7-3-5-8(2)6-4-7/h4-10H,1-3H3;5-8H,1-4H3;4-7,9H,8H2,1-3H3;5-8,10H,4H2,1-3H3;6-9H,3-5H2,1-2H3;4-8H,1-3H3;5-8H,3-4H2,1-2H3;4-7H,3H2,1-2H3;3-6H,1-2H3. The van der Waals surface area contributed by atoms with E-state index in [2.05, 4.69) is 403 Å². The van der Waals surface area contributed by atoms with Crippen LogP contribution in [0, 0.1) is 89.0 Å². The van der Waals surface area contributed by atoms with Gasteiger partial charge in [-0.05, 0) is 195 Å². The Morgan fingerprint density at radius 1 is 0.281 bits per heavy atom. The van der Waals surface area contributed by atoms with Gasteiger partial charge in [0.25, 0.3) is 0 Å². The van der Waals surface area contributed by atoms with Crippen molar-refractivity contribution in [2.75, 3.05) is 0 Å². The van der Waals surface area contributed by atoms with E-state index in [1.807, 2.05) is 0 Å². The van der Waals surface area contributed by atoms with Gasteiger partial charge in [-0.3, -0.25) is 0 Å². The molecule has 0 nitrogen and oxygen atoms in total. The van der Waals surface area contributed by atoms with Crippen molar-refractivity contribution in [3.63, 3.8) is 0 Å². The number of aryl methyl sites for hydroxylation is 15. The van der Waals surface area contributed by atoms with Gasteiger partial charge >= 0.3 is 0 Å². The maximum absolute atomic E-state index is 2.27. The highest BCUT2D eigenvalue weighted by atomic mass is 14.2. The van der Waals surface area contributed by atoms with Gasteiger partial charge in [0, 0.05) is 0 Å². The maximum Gasteiger partial charge on any atom is -0.0132 e. The molecule has 10 rings (SSSR count). The van der Waals surface area contributed by atoms with E-state index in [0.717, 1.165) is 12.3 Å². The molecule has 96 heavy (non-hydrogen) atoms. The highest BCUT2D eigenvalue weighted by Crippen LogP contribution is 2.24. The van der Waals surface area contributed by atoms with E-state index < -0.39 is 0 Å². The van der Waals surface area contributed by atoms with Crippen LogP contribution in [0.5, 0.6) is 0 Å². The summed E-state index contributed by atoms with van der Waals surface area (Å²) in [7, 11) is 0. The van der Waals surface area contributed by atoms with Gasteiger partial charge in [0.05, 0.1) is 0 Å². The first-order chi connectivity index (χ1) is 45.5. The number of benzene rings is 10. The fourth-order valence-corrected chi connectivity index (χ4v) is 9.86. The van der Waals surface area contributed by atoms with Crippen molar-refractivity contribution >= 4 is 0 Å². The first kappa shape index (κ1) is 84.3. The minimum atomic E-state index is 0.285. The summed E-state index contributed by atoms with van der Waals surface area (Å²) < 4.78 is 0. The Kier molecular flexibility index (Phi) is 41.4. The van der Waals surface area contributed by atoms with E-state index in [9.17, 15) is 0 Å². The molecule has 0 aliphatic carbocycles. The van der Waals surface area contributed by atoms with Crippen LogP contribution in [0.2, 0.25) is 0 Å². The summed E-state index contributed by atoms with van der Waals surface area (Å²) >= 11 is 0. The Labute approximate surface area is 590 Å². The van der Waals surface area contributed by atoms with Crippen LogP contribution >= 0.6 is 0 Å². The summed E-state index contributed by atoms with van der Waals surface area (Å²) in [6, 6.07) is 85.1. The molecule has 1 unspecified atom stereocenters. The lowest BCUT2D eigenvalue weighted by atomic mass is 9.87. The van der Waals surface area contributed by atoms with Gasteiger partial charge in [-0.2, -0.15) is 0 Å². The first-order valence-corrected chi connectivity index (χ1v) is 36.1. The van der Waals surface area contributed by atoms with Gasteiger partial charge in [-0.15, -0.1) is 0 Å². The highest BCUT2D eigenvalue weighted by molar-refractivity contribution is 5.65. The van der Waals surface area contributed by atoms with Crippen molar-refractivity contribution < 1.29 is 0 Å². The molecule has 0 saturated heterocycles. The lowest BCUT2D eigenvalue weighted by molar-refractivity contribution is 0.590. The average molecular weight is 1280 g/mol. The van der Waals surface area contributed by atoms with Crippen LogP contribution in [0.15, 0.2) is 237 Å². The molecule has 0 fully saturated rings. The zero-order valence-electron chi connectivity index (χ0n) is 64.9. The minimum Gasteiger partial charge on any atom is -0.0654 e. The van der Waals surface area contributed by atoms with Gasteiger partial charge in [0.2, 0.25) is 0 Å². The quantitative estimate of drug-likeness (QED) is 0.114. The van der Waals surface area contributed by atoms with Crippen LogP contribution in [-0.2, 0) is 31.1 Å². The lowest BCUT2D eigenvalue weighted by Gasteiger charge is -2.18. The average Bonchev–Trinajstić information content (AvgIpc) is 1.09. The van der Waals surface area contributed by atoms with E-state index in [0.29, 0.717) is 11.8 Å². The van der Waals surface area contributed by atoms with Crippen LogP contribution in [0.25, 0.3) is 11.1 Å². The highest BCUT2D eigenvalue weighted by Gasteiger charge is 2.12. The molecule has 1 atom stereocenters. The number of rotatable bonds is 12. The fourth-order valence-electron chi connectivity index (χ4n) is 9.86. The van der Waals surface area contributed by atoms with Crippen LogP contribution in [0.1, 0.15) is 226 Å². The summed E-state index contributed by atoms with van der Waals surface area (Å²) in [5.74, 6) is 2.12. The van der Waals surface area contributed by atoms with Crippen LogP contribution in [0.4, 0.5) is 0 Å². The zero-order chi connectivity index (χ0) is 71.6. The normalized spacial score (nSPS) is 10.6. The molecule has 0 N–H and O–H groups in total. The van der Waals surface area contributed by atoms with Crippen molar-refractivity contribution in [3.05, 3.63) is 342 Å². The molecule has 0 spiro atoms. The Bertz CT molecular complexity index is 3490. The van der Waals surface area contributed by atoms with E-state index in [4.69, 9.17) is 0 Å². The fraction of sp³-hybridized carbons (Fsp3) is 0.375. The van der Waals surface area contributed by atoms with Crippen molar-refractivity contribution in [2.45, 2.75) is 235 Å². The predicted octanol–water partition coefficient (Wildman–Crippen LogP) is 28.5. The van der Waals surface area contributed by atoms with Crippen molar-refractivity contribution in [3.8, 4) is 11.1 Å². The molecule has 0 bridgehead atoms. The molecule has 0 saturated carbocycles. The van der Waals surface area contributed by atoms with E-state index in [-0.39, 0.29) is 5.41 Å². The Morgan fingerprint density at radius 3 is 0.896 bits per heavy atom. The molecule has 0 aromatic heterocycles. The third-order valence-corrected chi connectivity index (χ3v) is 16.6. The largest absolute Gasteiger partial charge is 0.0654 e. The SMILES string of the molecule is CCC(C)c1ccc(C)cc1.CCCCc1ccc(C)cc1.CCCc1ccc(C)cc1.CCc1ccc(C)cc1.Cc1ccc(-c2cc(C)cc(C)c2)cc1.Cc1ccc(C(C)(C)C)cc1.Cc1ccc(C(C)C)cc1.Cc1ccc(C)cc1.Cc1ccc(CC(C)C)cc1. The first-order valence-electron chi connectivity index (χ1n) is 36.1. The summed E-state index contributed by atoms with van der Waals surface area (Å²) in [6.45, 7) is 52.2. The number of hydrogen-bond donors (Lipinski definition) is 0. The number of hydrogen-bond acceptors (Lipinski definition) is 0. The summed E-state index contributed by atoms with van der Waals surface area (Å²) in [5.41, 5.74) is 29.0. The molecule has 0 amide bonds. The Balaban J connectivity index is 0.000000369. The van der Waals surface area contributed by atoms with E-state index in [1.54, 1.807) is 0 Å². The van der Waals surface area contributed by atoms with Crippen molar-refractivity contribution in [1.29, 1.82) is 0 Å². The predicted molar refractivity (Wildman–Crippen MR) is 432 cm³/mol. The third kappa shape index (κ3) is 38.7. The van der Waals surface area contributed by atoms with Gasteiger partial charge in [-0.25, -0.2) is 0 Å². The molecule has 0 aliphatic rings. The molecule has 10 aromatic rings. The van der Waals surface area contributed by atoms with Crippen LogP contribution in [-0.4, -0.2) is 0 Å². The minimum absolute atomic E-state index is 0.285. The lowest BCUT2D eigenvalue weighted by Crippen LogP contribution is -2.10. The zero-order valence-corrected chi connectivity index (χ0v) is 64.9. The summed E-state index contributed by atoms with van der Waals surface area (Å²) in [5, 5.41) is 0. The second kappa shape index (κ2) is 47.2. The van der Waals surface area contributed by atoms with Crippen molar-refractivity contribution in [1.82, 2.24) is 0 Å². The van der Waals surface area contributed by atoms with Gasteiger partial charge in [0.15, 0.2) is 0 Å². The molecular weight excluding hydrogens is 1150 g/mol. The summed E-state index contributed by atoms with van der Waals surface area (Å²) in [4.78, 5) is 0. The summed E-state index contributed by atoms with van der Waals surface area (Å²) in [6.07, 6.45) is 9.83. The maximum atomic E-state index is 2.27. The second-order valence-electron chi connectivity index (χ2n) is 28.5. The molecule has 514 valence electrons. The number of unbranched alkanes of at least 4 members (excludes halogenated alkanes) is 1. The molecule has 0 aliphatic heterocycles. The molecule has 0 heterocycles. The Morgan fingerprint density at radius 2 is 0.583 bits per heavy atom. The van der Waals surface area contributed by atoms with E-state index >= 15 is 0 Å². The van der Waals surface area contributed by atoms with Gasteiger partial charge < -0.3 is 0 Å². The third-order valence-electron chi connectivity index (χ3n) is 16.6. The van der Waals surface area contributed by atoms with Crippen molar-refractivity contribution in [2.24, 2.45) is 5.92 Å². The molecule has 0 heteroatoms. The van der Waals surface area contributed by atoms with Gasteiger partial charge in [0.1, 0.15) is 0 Å². The van der Waals surface area contributed by atoms with Crippen LogP contribution in [0.3, 0.4) is 0 Å². The van der Waals surface area contributed by atoms with E-state index in [1.165, 1.54) is 162 Å². The molecule has 10 aromatic carbocycles. The molecule has 0 radical (unpaired) electrons. The molecular formula is C96H130.